The third kappa shape index (κ3) is 1.29. The summed E-state index contributed by atoms with van der Waals surface area (Å²) in [5.74, 6) is 0.576. The number of hydrogen-bond acceptors (Lipinski definition) is 3. The van der Waals surface area contributed by atoms with Gasteiger partial charge in [-0.25, -0.2) is 4.98 Å². The minimum absolute atomic E-state index is 0.217. The molecule has 0 radical (unpaired) electrons. The van der Waals surface area contributed by atoms with Crippen molar-refractivity contribution in [1.29, 1.82) is 0 Å². The molecule has 90 valence electrons. The van der Waals surface area contributed by atoms with Gasteiger partial charge < -0.3 is 0 Å². The number of rotatable bonds is 1. The zero-order valence-corrected chi connectivity index (χ0v) is 10.6. The molecule has 1 saturated heterocycles. The molecule has 3 nitrogen and oxygen atoms in total. The quantitative estimate of drug-likeness (QED) is 0.785. The zero-order valence-electron chi connectivity index (χ0n) is 9.74. The van der Waals surface area contributed by atoms with Crippen LogP contribution in [0.25, 0.3) is 0 Å². The van der Waals surface area contributed by atoms with Crippen molar-refractivity contribution >= 4 is 22.4 Å². The third-order valence-electron chi connectivity index (χ3n) is 3.97. The lowest BCUT2D eigenvalue weighted by Gasteiger charge is -2.20. The van der Waals surface area contributed by atoms with Gasteiger partial charge in [-0.15, -0.1) is 11.3 Å². The summed E-state index contributed by atoms with van der Waals surface area (Å²) >= 11 is 1.55. The Hall–Kier alpha value is -1.68. The highest BCUT2D eigenvalue weighted by Crippen LogP contribution is 2.45. The summed E-state index contributed by atoms with van der Waals surface area (Å²) in [6.07, 6.45) is 3.36. The van der Waals surface area contributed by atoms with Crippen LogP contribution in [0.5, 0.6) is 0 Å². The smallest absolute Gasteiger partial charge is 0.229 e. The van der Waals surface area contributed by atoms with Gasteiger partial charge in [-0.1, -0.05) is 24.3 Å². The number of nitrogens with zero attached hydrogens (tertiary/aromatic N) is 2. The molecule has 2 unspecified atom stereocenters. The van der Waals surface area contributed by atoms with Crippen molar-refractivity contribution in [3.05, 3.63) is 47.0 Å². The largest absolute Gasteiger partial charge is 0.284 e. The third-order valence-corrected chi connectivity index (χ3v) is 4.74. The molecule has 4 heteroatoms. The Bertz CT molecular complexity index is 608. The molecular weight excluding hydrogens is 244 g/mol. The van der Waals surface area contributed by atoms with E-state index in [2.05, 4.69) is 29.2 Å². The SMILES string of the molecule is O=C1CC2c3ccccc3CC2N1c1nccs1. The van der Waals surface area contributed by atoms with Crippen molar-refractivity contribution in [3.63, 3.8) is 0 Å². The summed E-state index contributed by atoms with van der Waals surface area (Å²) in [5.41, 5.74) is 2.75. The number of hydrogen-bond donors (Lipinski definition) is 0. The highest BCUT2D eigenvalue weighted by atomic mass is 32.1. The maximum absolute atomic E-state index is 12.2. The topological polar surface area (TPSA) is 33.2 Å². The zero-order chi connectivity index (χ0) is 12.1. The minimum Gasteiger partial charge on any atom is -0.284 e. The van der Waals surface area contributed by atoms with Gasteiger partial charge in [-0.05, 0) is 17.5 Å². The van der Waals surface area contributed by atoms with Crippen LogP contribution in [0.4, 0.5) is 5.13 Å². The molecule has 1 amide bonds. The maximum Gasteiger partial charge on any atom is 0.229 e. The molecule has 18 heavy (non-hydrogen) atoms. The van der Waals surface area contributed by atoms with Crippen LogP contribution in [0.3, 0.4) is 0 Å². The van der Waals surface area contributed by atoms with E-state index in [9.17, 15) is 4.79 Å². The van der Waals surface area contributed by atoms with E-state index < -0.39 is 0 Å². The second kappa shape index (κ2) is 3.65. The Morgan fingerprint density at radius 1 is 1.28 bits per heavy atom. The lowest BCUT2D eigenvalue weighted by molar-refractivity contribution is -0.117. The number of thiazole rings is 1. The van der Waals surface area contributed by atoms with Gasteiger partial charge in [0.2, 0.25) is 5.91 Å². The minimum atomic E-state index is 0.217. The molecule has 0 N–H and O–H groups in total. The van der Waals surface area contributed by atoms with Crippen molar-refractivity contribution < 1.29 is 4.79 Å². The molecule has 1 aromatic carbocycles. The Morgan fingerprint density at radius 2 is 2.17 bits per heavy atom. The van der Waals surface area contributed by atoms with Crippen molar-refractivity contribution in [2.75, 3.05) is 4.90 Å². The number of fused-ring (bicyclic) bond motifs is 3. The van der Waals surface area contributed by atoms with E-state index in [1.807, 2.05) is 10.3 Å². The second-order valence-electron chi connectivity index (χ2n) is 4.86. The van der Waals surface area contributed by atoms with Gasteiger partial charge >= 0.3 is 0 Å². The second-order valence-corrected chi connectivity index (χ2v) is 5.73. The van der Waals surface area contributed by atoms with Gasteiger partial charge in [0, 0.05) is 23.9 Å². The molecule has 2 aliphatic rings. The van der Waals surface area contributed by atoms with E-state index in [-0.39, 0.29) is 11.9 Å². The van der Waals surface area contributed by atoms with Gasteiger partial charge in [-0.3, -0.25) is 9.69 Å². The van der Waals surface area contributed by atoms with Crippen LogP contribution in [0.15, 0.2) is 35.8 Å². The van der Waals surface area contributed by atoms with Crippen LogP contribution in [0.1, 0.15) is 23.5 Å². The summed E-state index contributed by atoms with van der Waals surface area (Å²) < 4.78 is 0. The predicted octanol–water partition coefficient (Wildman–Crippen LogP) is 2.59. The molecule has 1 fully saturated rings. The van der Waals surface area contributed by atoms with Gasteiger partial charge in [0.25, 0.3) is 0 Å². The van der Waals surface area contributed by atoms with Crippen molar-refractivity contribution in [2.24, 2.45) is 0 Å². The first-order chi connectivity index (χ1) is 8.84. The Morgan fingerprint density at radius 3 is 3.00 bits per heavy atom. The number of carbonyl (C=O) groups is 1. The van der Waals surface area contributed by atoms with E-state index in [0.29, 0.717) is 12.3 Å². The Balaban J connectivity index is 1.77. The molecule has 2 heterocycles. The standard InChI is InChI=1S/C14H12N2OS/c17-13-8-11-10-4-2-1-3-9(10)7-12(11)16(13)14-15-5-6-18-14/h1-6,11-12H,7-8H2. The number of carbonyl (C=O) groups excluding carboxylic acids is 1. The Labute approximate surface area is 109 Å². The first-order valence-corrected chi connectivity index (χ1v) is 7.02. The Kier molecular flexibility index (Phi) is 2.08. The molecule has 1 aromatic heterocycles. The fraction of sp³-hybridized carbons (Fsp3) is 0.286. The van der Waals surface area contributed by atoms with Gasteiger partial charge in [0.15, 0.2) is 5.13 Å². The van der Waals surface area contributed by atoms with E-state index in [1.165, 1.54) is 11.1 Å². The van der Waals surface area contributed by atoms with E-state index in [4.69, 9.17) is 0 Å². The number of amides is 1. The van der Waals surface area contributed by atoms with Crippen LogP contribution in [0, 0.1) is 0 Å². The average Bonchev–Trinajstić information content (AvgIpc) is 3.04. The maximum atomic E-state index is 12.2. The fourth-order valence-corrected chi connectivity index (χ4v) is 3.94. The highest BCUT2D eigenvalue weighted by molar-refractivity contribution is 7.13. The summed E-state index contributed by atoms with van der Waals surface area (Å²) in [6, 6.07) is 8.77. The molecule has 2 aromatic rings. The van der Waals surface area contributed by atoms with Crippen LogP contribution in [-0.2, 0) is 11.2 Å². The molecule has 1 aliphatic carbocycles. The van der Waals surface area contributed by atoms with E-state index in [1.54, 1.807) is 17.5 Å². The van der Waals surface area contributed by atoms with Gasteiger partial charge in [0.05, 0.1) is 6.04 Å². The van der Waals surface area contributed by atoms with Crippen LogP contribution < -0.4 is 4.90 Å². The summed E-state index contributed by atoms with van der Waals surface area (Å²) in [6.45, 7) is 0. The van der Waals surface area contributed by atoms with Crippen molar-refractivity contribution in [2.45, 2.75) is 24.8 Å². The monoisotopic (exact) mass is 256 g/mol. The molecule has 0 spiro atoms. The molecule has 4 rings (SSSR count). The number of anilines is 1. The predicted molar refractivity (Wildman–Crippen MR) is 70.9 cm³/mol. The summed E-state index contributed by atoms with van der Waals surface area (Å²) in [7, 11) is 0. The highest BCUT2D eigenvalue weighted by Gasteiger charge is 2.46. The molecule has 0 saturated carbocycles. The number of benzene rings is 1. The average molecular weight is 256 g/mol. The first kappa shape index (κ1) is 10.3. The van der Waals surface area contributed by atoms with Gasteiger partial charge in [-0.2, -0.15) is 0 Å². The van der Waals surface area contributed by atoms with Crippen LogP contribution >= 0.6 is 11.3 Å². The molecule has 1 aliphatic heterocycles. The summed E-state index contributed by atoms with van der Waals surface area (Å²) in [4.78, 5) is 18.4. The molecule has 0 bridgehead atoms. The van der Waals surface area contributed by atoms with Crippen LogP contribution in [-0.4, -0.2) is 16.9 Å². The fourth-order valence-electron chi connectivity index (χ4n) is 3.23. The van der Waals surface area contributed by atoms with E-state index in [0.717, 1.165) is 11.6 Å². The van der Waals surface area contributed by atoms with Crippen molar-refractivity contribution in [1.82, 2.24) is 4.98 Å². The van der Waals surface area contributed by atoms with Crippen LogP contribution in [0.2, 0.25) is 0 Å². The molecular formula is C14H12N2OS. The van der Waals surface area contributed by atoms with E-state index >= 15 is 0 Å². The normalized spacial score (nSPS) is 25.3. The molecule has 2 atom stereocenters. The van der Waals surface area contributed by atoms with Crippen molar-refractivity contribution in [3.8, 4) is 0 Å². The summed E-state index contributed by atoms with van der Waals surface area (Å²) in [5, 5.41) is 2.78. The lowest BCUT2D eigenvalue weighted by atomic mass is 9.98. The van der Waals surface area contributed by atoms with Gasteiger partial charge in [0.1, 0.15) is 0 Å². The number of aromatic nitrogens is 1. The first-order valence-electron chi connectivity index (χ1n) is 6.14. The lowest BCUT2D eigenvalue weighted by Crippen LogP contribution is -2.34.